The fourth-order valence-electron chi connectivity index (χ4n) is 1.11. The summed E-state index contributed by atoms with van der Waals surface area (Å²) < 4.78 is 64.1. The molecule has 1 unspecified atom stereocenters. The van der Waals surface area contributed by atoms with Crippen molar-refractivity contribution in [1.29, 1.82) is 0 Å². The van der Waals surface area contributed by atoms with Crippen LogP contribution in [0.3, 0.4) is 0 Å². The Labute approximate surface area is 92.9 Å². The molecular weight excluding hydrogens is 247 g/mol. The van der Waals surface area contributed by atoms with Crippen LogP contribution >= 0.6 is 0 Å². The monoisotopic (exact) mass is 263 g/mol. The highest BCUT2D eigenvalue weighted by molar-refractivity contribution is 7.91. The van der Waals surface area contributed by atoms with Crippen molar-refractivity contribution in [1.82, 2.24) is 0 Å². The van der Waals surface area contributed by atoms with Crippen LogP contribution in [-0.4, -0.2) is 46.4 Å². The maximum absolute atomic E-state index is 12.3. The van der Waals surface area contributed by atoms with E-state index < -0.39 is 34.2 Å². The lowest BCUT2D eigenvalue weighted by atomic mass is 10.2. The highest BCUT2D eigenvalue weighted by Gasteiger charge is 2.41. The number of methoxy groups -OCH3 is 1. The van der Waals surface area contributed by atoms with Crippen LogP contribution in [0.2, 0.25) is 0 Å². The molecule has 0 aromatic heterocycles. The summed E-state index contributed by atoms with van der Waals surface area (Å²) in [6.45, 7) is -0.508. The van der Waals surface area contributed by atoms with Crippen molar-refractivity contribution in [2.45, 2.75) is 12.6 Å². The lowest BCUT2D eigenvalue weighted by Gasteiger charge is -2.18. The highest BCUT2D eigenvalue weighted by Crippen LogP contribution is 2.26. The summed E-state index contributed by atoms with van der Waals surface area (Å²) in [6.07, 6.45) is -4.38. The average Bonchev–Trinajstić information content (AvgIpc) is 2.12. The Hall–Kier alpha value is -0.340. The van der Waals surface area contributed by atoms with Gasteiger partial charge in [-0.3, -0.25) is 0 Å². The summed E-state index contributed by atoms with van der Waals surface area (Å²) >= 11 is 0. The molecular formula is C8H16F3NO3S. The number of hydrogen-bond acceptors (Lipinski definition) is 4. The molecule has 8 heteroatoms. The van der Waals surface area contributed by atoms with Crippen LogP contribution in [-0.2, 0) is 14.6 Å². The van der Waals surface area contributed by atoms with Crippen LogP contribution in [0.1, 0.15) is 6.42 Å². The van der Waals surface area contributed by atoms with Gasteiger partial charge in [-0.05, 0) is 6.42 Å². The Morgan fingerprint density at radius 2 is 1.94 bits per heavy atom. The van der Waals surface area contributed by atoms with Crippen molar-refractivity contribution in [3.63, 3.8) is 0 Å². The van der Waals surface area contributed by atoms with Crippen LogP contribution in [0.5, 0.6) is 0 Å². The molecule has 0 bridgehead atoms. The predicted octanol–water partition coefficient (Wildman–Crippen LogP) is 0.575. The van der Waals surface area contributed by atoms with Gasteiger partial charge in [-0.1, -0.05) is 0 Å². The average molecular weight is 263 g/mol. The van der Waals surface area contributed by atoms with Gasteiger partial charge in [0.15, 0.2) is 9.84 Å². The Balaban J connectivity index is 4.33. The lowest BCUT2D eigenvalue weighted by Crippen LogP contribution is -2.36. The minimum atomic E-state index is -4.57. The molecule has 0 heterocycles. The van der Waals surface area contributed by atoms with Crippen molar-refractivity contribution >= 4 is 9.84 Å². The van der Waals surface area contributed by atoms with Gasteiger partial charge in [-0.25, -0.2) is 8.42 Å². The molecule has 0 fully saturated rings. The molecule has 4 nitrogen and oxygen atoms in total. The van der Waals surface area contributed by atoms with Gasteiger partial charge in [0, 0.05) is 20.3 Å². The molecule has 1 atom stereocenters. The van der Waals surface area contributed by atoms with E-state index in [1.807, 2.05) is 0 Å². The molecule has 0 aliphatic carbocycles. The molecule has 0 spiro atoms. The molecule has 0 radical (unpaired) electrons. The smallest absolute Gasteiger partial charge is 0.385 e. The second-order valence-corrected chi connectivity index (χ2v) is 5.66. The van der Waals surface area contributed by atoms with Crippen LogP contribution in [0.25, 0.3) is 0 Å². The Kier molecular flexibility index (Phi) is 6.27. The van der Waals surface area contributed by atoms with Gasteiger partial charge in [0.2, 0.25) is 0 Å². The fraction of sp³-hybridized carbons (Fsp3) is 1.00. The first-order chi connectivity index (χ1) is 7.23. The zero-order chi connectivity index (χ0) is 12.8. The SMILES string of the molecule is COCCCS(=O)(=O)CC(CN)C(F)(F)F. The van der Waals surface area contributed by atoms with E-state index in [0.717, 1.165) is 0 Å². The molecule has 0 aliphatic rings. The molecule has 98 valence electrons. The number of hydrogen-bond donors (Lipinski definition) is 1. The summed E-state index contributed by atoms with van der Waals surface area (Å²) in [7, 11) is -2.33. The molecule has 0 saturated heterocycles. The fourth-order valence-corrected chi connectivity index (χ4v) is 2.77. The lowest BCUT2D eigenvalue weighted by molar-refractivity contribution is -0.165. The number of rotatable bonds is 7. The van der Waals surface area contributed by atoms with E-state index in [-0.39, 0.29) is 18.8 Å². The summed E-state index contributed by atoms with van der Waals surface area (Å²) in [6, 6.07) is 0. The van der Waals surface area contributed by atoms with Gasteiger partial charge < -0.3 is 10.5 Å². The summed E-state index contributed by atoms with van der Waals surface area (Å²) in [5.74, 6) is -3.25. The Morgan fingerprint density at radius 1 is 1.38 bits per heavy atom. The molecule has 0 aromatic carbocycles. The largest absolute Gasteiger partial charge is 0.393 e. The standard InChI is InChI=1S/C8H16F3NO3S/c1-15-3-2-4-16(13,14)6-7(5-12)8(9,10)11/h7H,2-6,12H2,1H3. The van der Waals surface area contributed by atoms with Gasteiger partial charge in [-0.2, -0.15) is 13.2 Å². The quantitative estimate of drug-likeness (QED) is 0.682. The van der Waals surface area contributed by atoms with E-state index in [9.17, 15) is 21.6 Å². The Morgan fingerprint density at radius 3 is 2.31 bits per heavy atom. The van der Waals surface area contributed by atoms with Crippen molar-refractivity contribution in [3.05, 3.63) is 0 Å². The Bertz CT molecular complexity index is 289. The molecule has 0 aromatic rings. The van der Waals surface area contributed by atoms with E-state index >= 15 is 0 Å². The maximum atomic E-state index is 12.3. The number of alkyl halides is 3. The first kappa shape index (κ1) is 15.7. The third kappa shape index (κ3) is 6.29. The zero-order valence-electron chi connectivity index (χ0n) is 8.96. The molecule has 0 amide bonds. The summed E-state index contributed by atoms with van der Waals surface area (Å²) in [4.78, 5) is 0. The van der Waals surface area contributed by atoms with Crippen LogP contribution < -0.4 is 5.73 Å². The molecule has 16 heavy (non-hydrogen) atoms. The number of halogens is 3. The van der Waals surface area contributed by atoms with E-state index in [1.54, 1.807) is 0 Å². The van der Waals surface area contributed by atoms with Crippen molar-refractivity contribution in [3.8, 4) is 0 Å². The van der Waals surface area contributed by atoms with Gasteiger partial charge in [0.25, 0.3) is 0 Å². The number of sulfone groups is 1. The first-order valence-electron chi connectivity index (χ1n) is 4.69. The van der Waals surface area contributed by atoms with E-state index in [0.29, 0.717) is 0 Å². The molecule has 0 saturated carbocycles. The van der Waals surface area contributed by atoms with Crippen molar-refractivity contribution in [2.75, 3.05) is 31.8 Å². The number of nitrogens with two attached hydrogens (primary N) is 1. The predicted molar refractivity (Wildman–Crippen MR) is 53.7 cm³/mol. The third-order valence-electron chi connectivity index (χ3n) is 2.01. The summed E-state index contributed by atoms with van der Waals surface area (Å²) in [5.41, 5.74) is 4.91. The summed E-state index contributed by atoms with van der Waals surface area (Å²) in [5, 5.41) is 0. The van der Waals surface area contributed by atoms with Crippen LogP contribution in [0.15, 0.2) is 0 Å². The highest BCUT2D eigenvalue weighted by atomic mass is 32.2. The van der Waals surface area contributed by atoms with Gasteiger partial charge in [0.05, 0.1) is 17.4 Å². The van der Waals surface area contributed by atoms with Gasteiger partial charge in [0.1, 0.15) is 0 Å². The minimum Gasteiger partial charge on any atom is -0.385 e. The topological polar surface area (TPSA) is 69.4 Å². The normalized spacial score (nSPS) is 15.1. The van der Waals surface area contributed by atoms with E-state index in [4.69, 9.17) is 5.73 Å². The minimum absolute atomic E-state index is 0.188. The van der Waals surface area contributed by atoms with Crippen molar-refractivity contribution < 1.29 is 26.3 Å². The van der Waals surface area contributed by atoms with Crippen LogP contribution in [0.4, 0.5) is 13.2 Å². The number of ether oxygens (including phenoxy) is 1. The first-order valence-corrected chi connectivity index (χ1v) is 6.51. The molecule has 2 N–H and O–H groups in total. The van der Waals surface area contributed by atoms with Gasteiger partial charge in [-0.15, -0.1) is 0 Å². The van der Waals surface area contributed by atoms with Crippen LogP contribution in [0, 0.1) is 5.92 Å². The zero-order valence-corrected chi connectivity index (χ0v) is 9.77. The maximum Gasteiger partial charge on any atom is 0.393 e. The molecule has 0 rings (SSSR count). The third-order valence-corrected chi connectivity index (χ3v) is 3.83. The van der Waals surface area contributed by atoms with Crippen molar-refractivity contribution in [2.24, 2.45) is 11.7 Å². The van der Waals surface area contributed by atoms with E-state index in [2.05, 4.69) is 4.74 Å². The second-order valence-electron chi connectivity index (χ2n) is 3.43. The molecule has 0 aliphatic heterocycles. The van der Waals surface area contributed by atoms with Gasteiger partial charge >= 0.3 is 6.18 Å². The second kappa shape index (κ2) is 6.41. The van der Waals surface area contributed by atoms with E-state index in [1.165, 1.54) is 7.11 Å².